The second kappa shape index (κ2) is 7.09. The molecular formula is C20H21N5O2. The molecule has 0 saturated carbocycles. The molecule has 2 aliphatic rings. The fourth-order valence-corrected chi connectivity index (χ4v) is 3.74. The van der Waals surface area contributed by atoms with Gasteiger partial charge in [0.2, 0.25) is 0 Å². The van der Waals surface area contributed by atoms with Crippen molar-refractivity contribution in [2.75, 3.05) is 36.5 Å². The molecule has 0 aliphatic carbocycles. The van der Waals surface area contributed by atoms with Crippen LogP contribution in [-0.4, -0.2) is 59.5 Å². The normalized spacial score (nSPS) is 23.2. The van der Waals surface area contributed by atoms with Gasteiger partial charge >= 0.3 is 0 Å². The van der Waals surface area contributed by atoms with Gasteiger partial charge in [-0.1, -0.05) is 6.07 Å². The fourth-order valence-electron chi connectivity index (χ4n) is 3.74. The summed E-state index contributed by atoms with van der Waals surface area (Å²) in [4.78, 5) is 15.6. The molecule has 2 atom stereocenters. The first kappa shape index (κ1) is 16.4. The predicted molar refractivity (Wildman–Crippen MR) is 103 cm³/mol. The van der Waals surface area contributed by atoms with E-state index < -0.39 is 0 Å². The highest BCUT2D eigenvalue weighted by molar-refractivity contribution is 5.89. The van der Waals surface area contributed by atoms with Gasteiger partial charge in [-0.15, -0.1) is 0 Å². The van der Waals surface area contributed by atoms with Gasteiger partial charge < -0.3 is 19.7 Å². The third-order valence-corrected chi connectivity index (χ3v) is 5.06. The summed E-state index contributed by atoms with van der Waals surface area (Å²) in [5.41, 5.74) is 0.955. The zero-order valence-electron chi connectivity index (χ0n) is 14.9. The summed E-state index contributed by atoms with van der Waals surface area (Å²) in [6.45, 7) is 2.72. The maximum absolute atomic E-state index is 6.18. The zero-order valence-corrected chi connectivity index (χ0v) is 14.9. The molecule has 2 saturated heterocycles. The lowest BCUT2D eigenvalue weighted by atomic mass is 10.2. The summed E-state index contributed by atoms with van der Waals surface area (Å²) in [6, 6.07) is 11.9. The number of nitrogens with one attached hydrogen (secondary N) is 1. The molecule has 0 bridgehead atoms. The fraction of sp³-hybridized carbons (Fsp3) is 0.350. The van der Waals surface area contributed by atoms with Crippen molar-refractivity contribution in [3.8, 4) is 0 Å². The molecule has 0 amide bonds. The summed E-state index contributed by atoms with van der Waals surface area (Å²) >= 11 is 0. The van der Waals surface area contributed by atoms with Crippen LogP contribution >= 0.6 is 0 Å². The van der Waals surface area contributed by atoms with Crippen LogP contribution in [0.4, 0.5) is 11.6 Å². The van der Waals surface area contributed by atoms with E-state index in [9.17, 15) is 0 Å². The molecule has 0 unspecified atom stereocenters. The van der Waals surface area contributed by atoms with Crippen LogP contribution in [0.15, 0.2) is 55.0 Å². The number of nitrogens with zero attached hydrogens (tertiary/aromatic N) is 4. The quantitative estimate of drug-likeness (QED) is 0.764. The highest BCUT2D eigenvalue weighted by Gasteiger charge is 2.38. The Bertz CT molecular complexity index is 901. The van der Waals surface area contributed by atoms with E-state index >= 15 is 0 Å². The Labute approximate surface area is 157 Å². The van der Waals surface area contributed by atoms with Crippen LogP contribution in [0.2, 0.25) is 0 Å². The highest BCUT2D eigenvalue weighted by atomic mass is 16.6. The summed E-state index contributed by atoms with van der Waals surface area (Å²) in [6.07, 6.45) is 5.47. The summed E-state index contributed by atoms with van der Waals surface area (Å²) in [5, 5.41) is 4.44. The number of pyridine rings is 3. The lowest BCUT2D eigenvalue weighted by Crippen LogP contribution is -2.31. The van der Waals surface area contributed by atoms with Gasteiger partial charge in [-0.25, -0.2) is 9.97 Å². The number of rotatable bonds is 3. The van der Waals surface area contributed by atoms with Crippen LogP contribution < -0.4 is 10.2 Å². The Morgan fingerprint density at radius 1 is 0.852 bits per heavy atom. The lowest BCUT2D eigenvalue weighted by molar-refractivity contribution is -0.00461. The van der Waals surface area contributed by atoms with Crippen LogP contribution in [0.5, 0.6) is 0 Å². The molecule has 2 aliphatic heterocycles. The SMILES string of the molecule is c1ccc(NC2CO[C@H]3CN(c4nccc5ncccc45)C[C@@H]3OC2)nc1. The number of aromatic nitrogens is 3. The lowest BCUT2D eigenvalue weighted by Gasteiger charge is -2.21. The Balaban J connectivity index is 1.28. The minimum atomic E-state index is 0.0364. The van der Waals surface area contributed by atoms with Crippen molar-refractivity contribution in [1.29, 1.82) is 0 Å². The maximum Gasteiger partial charge on any atom is 0.138 e. The maximum atomic E-state index is 6.18. The smallest absolute Gasteiger partial charge is 0.138 e. The summed E-state index contributed by atoms with van der Waals surface area (Å²) < 4.78 is 12.4. The monoisotopic (exact) mass is 363 g/mol. The highest BCUT2D eigenvalue weighted by Crippen LogP contribution is 2.29. The first-order valence-corrected chi connectivity index (χ1v) is 9.22. The van der Waals surface area contributed by atoms with Gasteiger partial charge in [0.25, 0.3) is 0 Å². The second-order valence-corrected chi connectivity index (χ2v) is 6.91. The molecule has 27 heavy (non-hydrogen) atoms. The molecule has 138 valence electrons. The number of hydrogen-bond acceptors (Lipinski definition) is 7. The van der Waals surface area contributed by atoms with Crippen LogP contribution in [0, 0.1) is 0 Å². The van der Waals surface area contributed by atoms with Crippen molar-refractivity contribution in [3.05, 3.63) is 55.0 Å². The predicted octanol–water partition coefficient (Wildman–Crippen LogP) is 2.11. The van der Waals surface area contributed by atoms with Crippen molar-refractivity contribution < 1.29 is 9.47 Å². The van der Waals surface area contributed by atoms with Gasteiger partial charge in [0.1, 0.15) is 23.8 Å². The largest absolute Gasteiger partial charge is 0.371 e. The number of fused-ring (bicyclic) bond motifs is 2. The summed E-state index contributed by atoms with van der Waals surface area (Å²) in [7, 11) is 0. The van der Waals surface area contributed by atoms with Crippen LogP contribution in [0.3, 0.4) is 0 Å². The van der Waals surface area contributed by atoms with Crippen molar-refractivity contribution >= 4 is 22.5 Å². The standard InChI is InChI=1S/C20H21N5O2/c1-2-7-22-19(5-1)24-14-12-26-17-10-25(11-18(17)27-13-14)20-15-4-3-8-21-16(15)6-9-23-20/h1-9,14,17-18H,10-13H2,(H,22,24)/t17-,18-/m0/s1. The van der Waals surface area contributed by atoms with Crippen molar-refractivity contribution in [2.24, 2.45) is 0 Å². The molecule has 0 radical (unpaired) electrons. The Kier molecular flexibility index (Phi) is 4.31. The van der Waals surface area contributed by atoms with Gasteiger partial charge in [0.05, 0.1) is 24.8 Å². The van der Waals surface area contributed by atoms with E-state index in [0.29, 0.717) is 13.2 Å². The van der Waals surface area contributed by atoms with Gasteiger partial charge in [0, 0.05) is 37.1 Å². The number of ether oxygens (including phenoxy) is 2. The molecule has 5 rings (SSSR count). The molecule has 7 nitrogen and oxygen atoms in total. The number of anilines is 2. The minimum absolute atomic E-state index is 0.0364. The van der Waals surface area contributed by atoms with Gasteiger partial charge in [-0.2, -0.15) is 0 Å². The van der Waals surface area contributed by atoms with E-state index in [4.69, 9.17) is 9.47 Å². The molecule has 3 aromatic heterocycles. The average Bonchev–Trinajstić information content (AvgIpc) is 3.04. The molecule has 5 heterocycles. The Hall–Kier alpha value is -2.77. The van der Waals surface area contributed by atoms with Gasteiger partial charge in [-0.3, -0.25) is 4.98 Å². The third kappa shape index (κ3) is 3.31. The van der Waals surface area contributed by atoms with Crippen molar-refractivity contribution in [3.63, 3.8) is 0 Å². The van der Waals surface area contributed by atoms with E-state index in [1.165, 1.54) is 0 Å². The molecule has 3 aromatic rings. The molecular weight excluding hydrogens is 342 g/mol. The van der Waals surface area contributed by atoms with E-state index in [2.05, 4.69) is 31.2 Å². The third-order valence-electron chi connectivity index (χ3n) is 5.06. The summed E-state index contributed by atoms with van der Waals surface area (Å²) in [5.74, 6) is 1.79. The Morgan fingerprint density at radius 3 is 2.44 bits per heavy atom. The van der Waals surface area contributed by atoms with E-state index in [1.54, 1.807) is 12.4 Å². The van der Waals surface area contributed by atoms with E-state index in [0.717, 1.165) is 35.6 Å². The molecule has 0 aromatic carbocycles. The van der Waals surface area contributed by atoms with Crippen molar-refractivity contribution in [1.82, 2.24) is 15.0 Å². The Morgan fingerprint density at radius 2 is 1.67 bits per heavy atom. The van der Waals surface area contributed by atoms with E-state index in [-0.39, 0.29) is 18.2 Å². The molecule has 0 spiro atoms. The second-order valence-electron chi connectivity index (χ2n) is 6.91. The minimum Gasteiger partial charge on any atom is -0.371 e. The van der Waals surface area contributed by atoms with E-state index in [1.807, 2.05) is 36.5 Å². The average molecular weight is 363 g/mol. The van der Waals surface area contributed by atoms with Gasteiger partial charge in [0.15, 0.2) is 0 Å². The van der Waals surface area contributed by atoms with Crippen LogP contribution in [-0.2, 0) is 9.47 Å². The molecule has 2 fully saturated rings. The number of hydrogen-bond donors (Lipinski definition) is 1. The first-order chi connectivity index (χ1) is 13.4. The molecule has 1 N–H and O–H groups in total. The zero-order chi connectivity index (χ0) is 18.1. The van der Waals surface area contributed by atoms with Crippen LogP contribution in [0.1, 0.15) is 0 Å². The topological polar surface area (TPSA) is 72.4 Å². The van der Waals surface area contributed by atoms with Gasteiger partial charge in [-0.05, 0) is 30.3 Å². The van der Waals surface area contributed by atoms with Crippen LogP contribution in [0.25, 0.3) is 10.9 Å². The van der Waals surface area contributed by atoms with Crippen molar-refractivity contribution in [2.45, 2.75) is 18.2 Å². The first-order valence-electron chi connectivity index (χ1n) is 9.22. The molecule has 7 heteroatoms.